The number of carbonyl (C=O) groups excluding carboxylic acids is 1. The van der Waals surface area contributed by atoms with Crippen molar-refractivity contribution in [1.29, 1.82) is 0 Å². The summed E-state index contributed by atoms with van der Waals surface area (Å²) in [7, 11) is 0. The number of H-pyrrole nitrogens is 1. The number of imidazole rings is 1. The molecule has 4 aromatic rings. The molecule has 4 rings (SSSR count). The Labute approximate surface area is 143 Å². The fraction of sp³-hybridized carbons (Fsp3) is 0. The molecule has 0 saturated heterocycles. The molecule has 1 N–H and O–H groups in total. The SMILES string of the molecule is O=C(c1ccccc1)c1ccc2nc(/C=C/c3cccs3)[nH]c2c1. The van der Waals surface area contributed by atoms with Gasteiger partial charge in [-0.15, -0.1) is 11.3 Å². The fourth-order valence-corrected chi connectivity index (χ4v) is 3.17. The van der Waals surface area contributed by atoms with Crippen LogP contribution in [0.5, 0.6) is 0 Å². The van der Waals surface area contributed by atoms with Gasteiger partial charge in [0.2, 0.25) is 0 Å². The van der Waals surface area contributed by atoms with Crippen molar-refractivity contribution in [2.75, 3.05) is 0 Å². The Morgan fingerprint density at radius 2 is 1.83 bits per heavy atom. The monoisotopic (exact) mass is 330 g/mol. The van der Waals surface area contributed by atoms with Crippen molar-refractivity contribution < 1.29 is 4.79 Å². The summed E-state index contributed by atoms with van der Waals surface area (Å²) in [6, 6.07) is 18.9. The Bertz CT molecular complexity index is 1010. The zero-order valence-electron chi connectivity index (χ0n) is 12.8. The molecule has 0 aliphatic heterocycles. The first-order valence-corrected chi connectivity index (χ1v) is 8.49. The van der Waals surface area contributed by atoms with Crippen LogP contribution in [0.4, 0.5) is 0 Å². The van der Waals surface area contributed by atoms with Gasteiger partial charge in [-0.2, -0.15) is 0 Å². The van der Waals surface area contributed by atoms with Crippen molar-refractivity contribution in [3.8, 4) is 0 Å². The number of nitrogens with one attached hydrogen (secondary N) is 1. The molecule has 3 nitrogen and oxygen atoms in total. The van der Waals surface area contributed by atoms with Crippen molar-refractivity contribution in [2.45, 2.75) is 0 Å². The van der Waals surface area contributed by atoms with E-state index in [2.05, 4.69) is 16.0 Å². The highest BCUT2D eigenvalue weighted by Crippen LogP contribution is 2.18. The number of benzene rings is 2. The Balaban J connectivity index is 1.65. The lowest BCUT2D eigenvalue weighted by Crippen LogP contribution is -2.00. The summed E-state index contributed by atoms with van der Waals surface area (Å²) in [6.07, 6.45) is 3.98. The highest BCUT2D eigenvalue weighted by Gasteiger charge is 2.10. The number of rotatable bonds is 4. The van der Waals surface area contributed by atoms with Crippen molar-refractivity contribution in [3.05, 3.63) is 87.9 Å². The summed E-state index contributed by atoms with van der Waals surface area (Å²) in [5.41, 5.74) is 3.06. The zero-order valence-corrected chi connectivity index (χ0v) is 13.6. The van der Waals surface area contributed by atoms with Gasteiger partial charge in [-0.05, 0) is 41.8 Å². The van der Waals surface area contributed by atoms with Gasteiger partial charge in [-0.25, -0.2) is 4.98 Å². The fourth-order valence-electron chi connectivity index (χ4n) is 2.55. The third kappa shape index (κ3) is 2.92. The molecule has 116 valence electrons. The first-order chi connectivity index (χ1) is 11.8. The minimum absolute atomic E-state index is 0.0165. The van der Waals surface area contributed by atoms with Gasteiger partial charge in [-0.1, -0.05) is 36.4 Å². The van der Waals surface area contributed by atoms with E-state index >= 15 is 0 Å². The van der Waals surface area contributed by atoms with E-state index in [1.54, 1.807) is 11.3 Å². The van der Waals surface area contributed by atoms with E-state index in [0.29, 0.717) is 11.1 Å². The molecule has 0 fully saturated rings. The van der Waals surface area contributed by atoms with Gasteiger partial charge >= 0.3 is 0 Å². The van der Waals surface area contributed by atoms with Crippen molar-refractivity contribution in [1.82, 2.24) is 9.97 Å². The Morgan fingerprint density at radius 3 is 2.62 bits per heavy atom. The summed E-state index contributed by atoms with van der Waals surface area (Å²) < 4.78 is 0. The molecule has 24 heavy (non-hydrogen) atoms. The maximum absolute atomic E-state index is 12.5. The van der Waals surface area contributed by atoms with Gasteiger partial charge in [-0.3, -0.25) is 4.79 Å². The number of fused-ring (bicyclic) bond motifs is 1. The molecule has 0 unspecified atom stereocenters. The van der Waals surface area contributed by atoms with Crippen LogP contribution in [0.3, 0.4) is 0 Å². The van der Waals surface area contributed by atoms with Crippen LogP contribution in [-0.2, 0) is 0 Å². The first kappa shape index (κ1) is 14.6. The van der Waals surface area contributed by atoms with E-state index in [1.165, 1.54) is 4.88 Å². The number of ketones is 1. The van der Waals surface area contributed by atoms with Gasteiger partial charge in [0.25, 0.3) is 0 Å². The molecule has 0 saturated carbocycles. The molecule has 2 aromatic heterocycles. The van der Waals surface area contributed by atoms with Crippen LogP contribution in [0.1, 0.15) is 26.6 Å². The minimum Gasteiger partial charge on any atom is -0.338 e. The minimum atomic E-state index is 0.0165. The van der Waals surface area contributed by atoms with Crippen LogP contribution >= 0.6 is 11.3 Å². The van der Waals surface area contributed by atoms with Crippen LogP contribution < -0.4 is 0 Å². The lowest BCUT2D eigenvalue weighted by molar-refractivity contribution is 0.103. The van der Waals surface area contributed by atoms with Gasteiger partial charge in [0.15, 0.2) is 5.78 Å². The molecule has 0 bridgehead atoms. The molecular weight excluding hydrogens is 316 g/mol. The molecule has 0 spiro atoms. The predicted octanol–water partition coefficient (Wildman–Crippen LogP) is 5.03. The summed E-state index contributed by atoms with van der Waals surface area (Å²) >= 11 is 1.68. The van der Waals surface area contributed by atoms with Gasteiger partial charge < -0.3 is 4.98 Å². The van der Waals surface area contributed by atoms with Gasteiger partial charge in [0.1, 0.15) is 5.82 Å². The van der Waals surface area contributed by atoms with Crippen LogP contribution in [0.25, 0.3) is 23.2 Å². The quantitative estimate of drug-likeness (QED) is 0.534. The highest BCUT2D eigenvalue weighted by molar-refractivity contribution is 7.10. The second-order valence-corrected chi connectivity index (χ2v) is 6.38. The lowest BCUT2D eigenvalue weighted by Gasteiger charge is -2.00. The van der Waals surface area contributed by atoms with Crippen LogP contribution in [0.2, 0.25) is 0 Å². The average molecular weight is 330 g/mol. The Kier molecular flexibility index (Phi) is 3.81. The molecule has 0 atom stereocenters. The summed E-state index contributed by atoms with van der Waals surface area (Å²) in [4.78, 5) is 21.5. The Hall–Kier alpha value is -2.98. The van der Waals surface area contributed by atoms with E-state index < -0.39 is 0 Å². The maximum Gasteiger partial charge on any atom is 0.193 e. The number of aromatic amines is 1. The van der Waals surface area contributed by atoms with Crippen molar-refractivity contribution in [3.63, 3.8) is 0 Å². The molecule has 0 aliphatic carbocycles. The number of carbonyl (C=O) groups is 1. The molecule has 0 amide bonds. The number of thiophene rings is 1. The number of aromatic nitrogens is 2. The molecule has 0 aliphatic rings. The van der Waals surface area contributed by atoms with E-state index in [0.717, 1.165) is 16.9 Å². The Morgan fingerprint density at radius 1 is 0.958 bits per heavy atom. The maximum atomic E-state index is 12.5. The van der Waals surface area contributed by atoms with E-state index in [1.807, 2.05) is 72.1 Å². The second-order valence-electron chi connectivity index (χ2n) is 5.40. The standard InChI is InChI=1S/C20H14N2OS/c23-20(14-5-2-1-3-6-14)15-8-10-17-18(13-15)22-19(21-17)11-9-16-7-4-12-24-16/h1-13H,(H,21,22)/b11-9+. The highest BCUT2D eigenvalue weighted by atomic mass is 32.1. The summed E-state index contributed by atoms with van der Waals surface area (Å²) in [6.45, 7) is 0. The van der Waals surface area contributed by atoms with E-state index in [-0.39, 0.29) is 5.78 Å². The summed E-state index contributed by atoms with van der Waals surface area (Å²) in [5, 5.41) is 2.04. The van der Waals surface area contributed by atoms with Crippen LogP contribution in [-0.4, -0.2) is 15.8 Å². The van der Waals surface area contributed by atoms with Gasteiger partial charge in [0.05, 0.1) is 11.0 Å². The predicted molar refractivity (Wildman–Crippen MR) is 99.2 cm³/mol. The van der Waals surface area contributed by atoms with E-state index in [4.69, 9.17) is 0 Å². The average Bonchev–Trinajstić information content (AvgIpc) is 3.28. The van der Waals surface area contributed by atoms with Crippen molar-refractivity contribution in [2.24, 2.45) is 0 Å². The molecular formula is C20H14N2OS. The molecule has 4 heteroatoms. The molecule has 0 radical (unpaired) electrons. The normalized spacial score (nSPS) is 11.3. The molecule has 2 aromatic carbocycles. The lowest BCUT2D eigenvalue weighted by atomic mass is 10.0. The third-order valence-corrected chi connectivity index (χ3v) is 4.58. The molecule has 2 heterocycles. The van der Waals surface area contributed by atoms with E-state index in [9.17, 15) is 4.79 Å². The third-order valence-electron chi connectivity index (χ3n) is 3.75. The van der Waals surface area contributed by atoms with Gasteiger partial charge in [0, 0.05) is 16.0 Å². The first-order valence-electron chi connectivity index (χ1n) is 7.61. The number of nitrogens with zero attached hydrogens (tertiary/aromatic N) is 1. The zero-order chi connectivity index (χ0) is 16.4. The largest absolute Gasteiger partial charge is 0.338 e. The van der Waals surface area contributed by atoms with Crippen LogP contribution in [0.15, 0.2) is 66.0 Å². The topological polar surface area (TPSA) is 45.8 Å². The number of hydrogen-bond acceptors (Lipinski definition) is 3. The smallest absolute Gasteiger partial charge is 0.193 e. The summed E-state index contributed by atoms with van der Waals surface area (Å²) in [5.74, 6) is 0.797. The van der Waals surface area contributed by atoms with Crippen LogP contribution in [0, 0.1) is 0 Å². The second kappa shape index (κ2) is 6.26. The van der Waals surface area contributed by atoms with Crippen molar-refractivity contribution >= 4 is 40.3 Å². The number of hydrogen-bond donors (Lipinski definition) is 1.